The van der Waals surface area contributed by atoms with Crippen molar-refractivity contribution in [1.82, 2.24) is 14.8 Å². The van der Waals surface area contributed by atoms with Crippen LogP contribution in [0.3, 0.4) is 0 Å². The molecular formula is C12H19N3O2. The van der Waals surface area contributed by atoms with Crippen LogP contribution in [0.2, 0.25) is 0 Å². The predicted octanol–water partition coefficient (Wildman–Crippen LogP) is 0.217. The monoisotopic (exact) mass is 237 g/mol. The van der Waals surface area contributed by atoms with Crippen LogP contribution in [0.5, 0.6) is 0 Å². The number of esters is 1. The molecular weight excluding hydrogens is 218 g/mol. The molecule has 17 heavy (non-hydrogen) atoms. The second-order valence-corrected chi connectivity index (χ2v) is 4.29. The van der Waals surface area contributed by atoms with Crippen molar-refractivity contribution < 1.29 is 9.53 Å². The van der Waals surface area contributed by atoms with Crippen LogP contribution >= 0.6 is 0 Å². The molecule has 5 nitrogen and oxygen atoms in total. The summed E-state index contributed by atoms with van der Waals surface area (Å²) < 4.78 is 6.65. The van der Waals surface area contributed by atoms with Gasteiger partial charge in [0.05, 0.1) is 7.11 Å². The van der Waals surface area contributed by atoms with Crippen molar-refractivity contribution in [3.05, 3.63) is 23.5 Å². The number of hydrogen-bond donors (Lipinski definition) is 1. The highest BCUT2D eigenvalue weighted by Crippen LogP contribution is 2.11. The summed E-state index contributed by atoms with van der Waals surface area (Å²) in [6.45, 7) is 5.06. The molecule has 94 valence electrons. The Morgan fingerprint density at radius 2 is 2.12 bits per heavy atom. The van der Waals surface area contributed by atoms with Crippen LogP contribution in [-0.2, 0) is 18.3 Å². The van der Waals surface area contributed by atoms with E-state index in [0.29, 0.717) is 5.69 Å². The summed E-state index contributed by atoms with van der Waals surface area (Å²) >= 11 is 0. The third kappa shape index (κ3) is 2.68. The third-order valence-electron chi connectivity index (χ3n) is 3.22. The fourth-order valence-corrected chi connectivity index (χ4v) is 2.12. The minimum Gasteiger partial charge on any atom is -0.464 e. The standard InChI is InChI=1S/C12H19N3O2/c1-14-10(3-4-11(14)12(16)17-2)9-15-7-5-13-6-8-15/h3-4,13H,5-9H2,1-2H3. The van der Waals surface area contributed by atoms with Crippen molar-refractivity contribution in [3.63, 3.8) is 0 Å². The molecule has 2 heterocycles. The van der Waals surface area contributed by atoms with Crippen LogP contribution in [0, 0.1) is 0 Å². The number of nitrogens with one attached hydrogen (secondary N) is 1. The maximum absolute atomic E-state index is 11.5. The van der Waals surface area contributed by atoms with E-state index in [0.717, 1.165) is 38.4 Å². The van der Waals surface area contributed by atoms with Gasteiger partial charge in [0.25, 0.3) is 0 Å². The van der Waals surface area contributed by atoms with E-state index in [-0.39, 0.29) is 5.97 Å². The predicted molar refractivity (Wildman–Crippen MR) is 64.9 cm³/mol. The normalized spacial score (nSPS) is 17.1. The molecule has 1 aliphatic rings. The topological polar surface area (TPSA) is 46.5 Å². The largest absolute Gasteiger partial charge is 0.464 e. The minimum atomic E-state index is -0.279. The average molecular weight is 237 g/mol. The molecule has 1 aliphatic heterocycles. The van der Waals surface area contributed by atoms with Gasteiger partial charge in [0.2, 0.25) is 0 Å². The van der Waals surface area contributed by atoms with E-state index >= 15 is 0 Å². The molecule has 0 radical (unpaired) electrons. The van der Waals surface area contributed by atoms with Crippen LogP contribution in [-0.4, -0.2) is 48.7 Å². The second-order valence-electron chi connectivity index (χ2n) is 4.29. The summed E-state index contributed by atoms with van der Waals surface area (Å²) in [6.07, 6.45) is 0. The Kier molecular flexibility index (Phi) is 3.81. The minimum absolute atomic E-state index is 0.279. The Morgan fingerprint density at radius 3 is 2.76 bits per heavy atom. The van der Waals surface area contributed by atoms with Crippen LogP contribution in [0.4, 0.5) is 0 Å². The van der Waals surface area contributed by atoms with E-state index in [1.54, 1.807) is 0 Å². The van der Waals surface area contributed by atoms with Gasteiger partial charge in [-0.2, -0.15) is 0 Å². The lowest BCUT2D eigenvalue weighted by molar-refractivity contribution is 0.0589. The fraction of sp³-hybridized carbons (Fsp3) is 0.583. The molecule has 5 heteroatoms. The van der Waals surface area contributed by atoms with Gasteiger partial charge in [0.15, 0.2) is 0 Å². The lowest BCUT2D eigenvalue weighted by Gasteiger charge is -2.27. The van der Waals surface area contributed by atoms with Gasteiger partial charge < -0.3 is 14.6 Å². The lowest BCUT2D eigenvalue weighted by atomic mass is 10.3. The molecule has 0 aliphatic carbocycles. The van der Waals surface area contributed by atoms with Gasteiger partial charge in [-0.1, -0.05) is 0 Å². The molecule has 1 N–H and O–H groups in total. The summed E-state index contributed by atoms with van der Waals surface area (Å²) in [4.78, 5) is 13.9. The molecule has 1 fully saturated rings. The van der Waals surface area contributed by atoms with E-state index in [1.807, 2.05) is 23.7 Å². The molecule has 0 aromatic carbocycles. The number of methoxy groups -OCH3 is 1. The van der Waals surface area contributed by atoms with Crippen molar-refractivity contribution in [1.29, 1.82) is 0 Å². The van der Waals surface area contributed by atoms with E-state index in [1.165, 1.54) is 7.11 Å². The van der Waals surface area contributed by atoms with Crippen LogP contribution in [0.15, 0.2) is 12.1 Å². The van der Waals surface area contributed by atoms with Crippen LogP contribution < -0.4 is 5.32 Å². The second kappa shape index (κ2) is 5.33. The Bertz CT molecular complexity index is 394. The highest BCUT2D eigenvalue weighted by Gasteiger charge is 2.15. The zero-order valence-electron chi connectivity index (χ0n) is 10.4. The number of carbonyl (C=O) groups excluding carboxylic acids is 1. The van der Waals surface area contributed by atoms with E-state index in [9.17, 15) is 4.79 Å². The van der Waals surface area contributed by atoms with Gasteiger partial charge in [0, 0.05) is 45.5 Å². The fourth-order valence-electron chi connectivity index (χ4n) is 2.12. The van der Waals surface area contributed by atoms with Gasteiger partial charge in [0.1, 0.15) is 5.69 Å². The van der Waals surface area contributed by atoms with Crippen molar-refractivity contribution in [2.45, 2.75) is 6.54 Å². The van der Waals surface area contributed by atoms with Gasteiger partial charge in [-0.25, -0.2) is 4.79 Å². The number of ether oxygens (including phenoxy) is 1. The summed E-state index contributed by atoms with van der Waals surface area (Å²) in [7, 11) is 3.31. The van der Waals surface area contributed by atoms with Gasteiger partial charge in [-0.05, 0) is 12.1 Å². The first-order valence-corrected chi connectivity index (χ1v) is 5.88. The van der Waals surface area contributed by atoms with Gasteiger partial charge in [-0.3, -0.25) is 4.90 Å². The maximum atomic E-state index is 11.5. The molecule has 0 saturated carbocycles. The van der Waals surface area contributed by atoms with Gasteiger partial charge in [-0.15, -0.1) is 0 Å². The third-order valence-corrected chi connectivity index (χ3v) is 3.22. The molecule has 0 bridgehead atoms. The Balaban J connectivity index is 2.06. The smallest absolute Gasteiger partial charge is 0.354 e. The lowest BCUT2D eigenvalue weighted by Crippen LogP contribution is -2.43. The van der Waals surface area contributed by atoms with E-state index in [2.05, 4.69) is 10.2 Å². The Labute approximate surface area is 101 Å². The molecule has 0 unspecified atom stereocenters. The summed E-state index contributed by atoms with van der Waals surface area (Å²) in [5.74, 6) is -0.279. The first-order chi connectivity index (χ1) is 8.22. The van der Waals surface area contributed by atoms with E-state index in [4.69, 9.17) is 4.74 Å². The maximum Gasteiger partial charge on any atom is 0.354 e. The molecule has 2 rings (SSSR count). The number of aromatic nitrogens is 1. The molecule has 0 amide bonds. The van der Waals surface area contributed by atoms with Gasteiger partial charge >= 0.3 is 5.97 Å². The summed E-state index contributed by atoms with van der Waals surface area (Å²) in [6, 6.07) is 3.82. The summed E-state index contributed by atoms with van der Waals surface area (Å²) in [5, 5.41) is 3.33. The number of hydrogen-bond acceptors (Lipinski definition) is 4. The highest BCUT2D eigenvalue weighted by molar-refractivity contribution is 5.87. The van der Waals surface area contributed by atoms with Crippen molar-refractivity contribution in [2.24, 2.45) is 7.05 Å². The van der Waals surface area contributed by atoms with Crippen LogP contribution in [0.1, 0.15) is 16.2 Å². The first-order valence-electron chi connectivity index (χ1n) is 5.88. The van der Waals surface area contributed by atoms with Crippen molar-refractivity contribution in [3.8, 4) is 0 Å². The molecule has 1 saturated heterocycles. The number of carbonyl (C=O) groups is 1. The molecule has 0 spiro atoms. The first kappa shape index (κ1) is 12.1. The van der Waals surface area contributed by atoms with Crippen LogP contribution in [0.25, 0.3) is 0 Å². The quantitative estimate of drug-likeness (QED) is 0.764. The Morgan fingerprint density at radius 1 is 1.41 bits per heavy atom. The number of nitrogens with zero attached hydrogens (tertiary/aromatic N) is 2. The van der Waals surface area contributed by atoms with E-state index < -0.39 is 0 Å². The SMILES string of the molecule is COC(=O)c1ccc(CN2CCNCC2)n1C. The van der Waals surface area contributed by atoms with Crippen molar-refractivity contribution in [2.75, 3.05) is 33.3 Å². The number of rotatable bonds is 3. The van der Waals surface area contributed by atoms with Crippen molar-refractivity contribution >= 4 is 5.97 Å². The summed E-state index contributed by atoms with van der Waals surface area (Å²) in [5.41, 5.74) is 1.75. The highest BCUT2D eigenvalue weighted by atomic mass is 16.5. The molecule has 1 aromatic rings. The molecule has 1 aromatic heterocycles. The number of piperazine rings is 1. The Hall–Kier alpha value is -1.33. The zero-order chi connectivity index (χ0) is 12.3. The zero-order valence-corrected chi connectivity index (χ0v) is 10.4. The average Bonchev–Trinajstić information content (AvgIpc) is 2.72. The molecule has 0 atom stereocenters.